The number of nitrogens with two attached hydrogens (primary N) is 3. The molecule has 0 radical (unpaired) electrons. The summed E-state index contributed by atoms with van der Waals surface area (Å²) in [6.07, 6.45) is 1.51. The summed E-state index contributed by atoms with van der Waals surface area (Å²) in [6.45, 7) is 4.94. The Bertz CT molecular complexity index is 698. The maximum absolute atomic E-state index is 12.0. The molecule has 2 heterocycles. The highest BCUT2D eigenvalue weighted by Gasteiger charge is 2.29. The lowest BCUT2D eigenvalue weighted by atomic mass is 10.1. The van der Waals surface area contributed by atoms with Crippen LogP contribution in [0.25, 0.3) is 0 Å². The smallest absolute Gasteiger partial charge is 0.320 e. The monoisotopic (exact) mass is 465 g/mol. The number of aliphatic carboxylic acids is 2. The second kappa shape index (κ2) is 14.2. The molecule has 0 aromatic carbocycles. The van der Waals surface area contributed by atoms with Gasteiger partial charge in [-0.25, -0.2) is 0 Å². The van der Waals surface area contributed by atoms with E-state index in [0.717, 1.165) is 24.4 Å². The maximum atomic E-state index is 12.0. The second-order valence-electron chi connectivity index (χ2n) is 8.41. The van der Waals surface area contributed by atoms with Crippen molar-refractivity contribution in [2.75, 3.05) is 52.4 Å². The van der Waals surface area contributed by atoms with E-state index in [1.807, 2.05) is 28.0 Å². The molecule has 1 aliphatic heterocycles. The van der Waals surface area contributed by atoms with Crippen molar-refractivity contribution >= 4 is 11.9 Å². The van der Waals surface area contributed by atoms with E-state index in [1.165, 1.54) is 0 Å². The van der Waals surface area contributed by atoms with Crippen LogP contribution >= 0.6 is 0 Å². The van der Waals surface area contributed by atoms with Crippen LogP contribution in [0.1, 0.15) is 30.7 Å². The van der Waals surface area contributed by atoms with Crippen LogP contribution in [0.4, 0.5) is 0 Å². The summed E-state index contributed by atoms with van der Waals surface area (Å²) in [5, 5.41) is 19.6. The Labute approximate surface area is 195 Å². The SMILES string of the molecule is NCCCN1CCN(C(CCN)C(=O)O)Cc2cccc(n2)CN(C(CCN)C(=O)O)CC1. The van der Waals surface area contributed by atoms with Crippen LogP contribution in [0, 0.1) is 0 Å². The number of carboxylic acids is 2. The third-order valence-corrected chi connectivity index (χ3v) is 6.01. The molecule has 0 aliphatic carbocycles. The molecule has 1 aliphatic rings. The van der Waals surface area contributed by atoms with E-state index in [0.29, 0.717) is 58.7 Å². The van der Waals surface area contributed by atoms with Crippen LogP contribution in [-0.4, -0.2) is 106 Å². The number of carboxylic acid groups (broad SMARTS) is 2. The molecule has 11 nitrogen and oxygen atoms in total. The molecule has 186 valence electrons. The van der Waals surface area contributed by atoms with Crippen molar-refractivity contribution in [1.82, 2.24) is 19.7 Å². The zero-order valence-electron chi connectivity index (χ0n) is 19.3. The van der Waals surface area contributed by atoms with Gasteiger partial charge in [0.05, 0.1) is 11.4 Å². The number of nitrogens with zero attached hydrogens (tertiary/aromatic N) is 4. The summed E-state index contributed by atoms with van der Waals surface area (Å²) < 4.78 is 0. The van der Waals surface area contributed by atoms with Gasteiger partial charge in [-0.3, -0.25) is 24.4 Å². The summed E-state index contributed by atoms with van der Waals surface area (Å²) >= 11 is 0. The van der Waals surface area contributed by atoms with Gasteiger partial charge in [-0.05, 0) is 57.6 Å². The van der Waals surface area contributed by atoms with Crippen LogP contribution < -0.4 is 17.2 Å². The summed E-state index contributed by atoms with van der Waals surface area (Å²) in [4.78, 5) is 34.7. The molecule has 0 saturated carbocycles. The highest BCUT2D eigenvalue weighted by atomic mass is 16.4. The molecule has 0 saturated heterocycles. The van der Waals surface area contributed by atoms with Gasteiger partial charge < -0.3 is 32.3 Å². The molecule has 1 aromatic rings. The Morgan fingerprint density at radius 1 is 0.848 bits per heavy atom. The number of fused-ring (bicyclic) bond motifs is 2. The molecule has 0 spiro atoms. The van der Waals surface area contributed by atoms with Gasteiger partial charge in [0.15, 0.2) is 0 Å². The van der Waals surface area contributed by atoms with Crippen molar-refractivity contribution < 1.29 is 19.8 Å². The van der Waals surface area contributed by atoms with Gasteiger partial charge in [-0.2, -0.15) is 0 Å². The second-order valence-corrected chi connectivity index (χ2v) is 8.41. The first-order valence-electron chi connectivity index (χ1n) is 11.6. The molecule has 8 N–H and O–H groups in total. The number of carbonyl (C=O) groups is 2. The summed E-state index contributed by atoms with van der Waals surface area (Å²) in [5.74, 6) is -1.79. The molecule has 2 rings (SSSR count). The van der Waals surface area contributed by atoms with Crippen LogP contribution in [0.15, 0.2) is 18.2 Å². The number of hydrogen-bond donors (Lipinski definition) is 5. The first-order chi connectivity index (χ1) is 15.9. The lowest BCUT2D eigenvalue weighted by Crippen LogP contribution is -2.49. The molecule has 1 aromatic heterocycles. The van der Waals surface area contributed by atoms with Gasteiger partial charge in [0, 0.05) is 39.3 Å². The molecular weight excluding hydrogens is 426 g/mol. The van der Waals surface area contributed by atoms with Crippen molar-refractivity contribution in [2.24, 2.45) is 17.2 Å². The first kappa shape index (κ1) is 27.1. The van der Waals surface area contributed by atoms with E-state index in [1.54, 1.807) is 0 Å². The van der Waals surface area contributed by atoms with Crippen molar-refractivity contribution in [3.63, 3.8) is 0 Å². The third-order valence-electron chi connectivity index (χ3n) is 6.01. The molecule has 0 fully saturated rings. The number of hydrogen-bond acceptors (Lipinski definition) is 9. The van der Waals surface area contributed by atoms with Gasteiger partial charge in [-0.15, -0.1) is 0 Å². The molecule has 2 bridgehead atoms. The summed E-state index contributed by atoms with van der Waals surface area (Å²) in [5.41, 5.74) is 18.6. The molecule has 33 heavy (non-hydrogen) atoms. The van der Waals surface area contributed by atoms with Crippen LogP contribution in [0.3, 0.4) is 0 Å². The normalized spacial score (nSPS) is 18.8. The zero-order valence-corrected chi connectivity index (χ0v) is 19.3. The lowest BCUT2D eigenvalue weighted by Gasteiger charge is -2.35. The minimum absolute atomic E-state index is 0.282. The van der Waals surface area contributed by atoms with E-state index in [9.17, 15) is 19.8 Å². The minimum Gasteiger partial charge on any atom is -0.480 e. The molecule has 11 heteroatoms. The molecular formula is C22H39N7O4. The van der Waals surface area contributed by atoms with Crippen molar-refractivity contribution in [3.05, 3.63) is 29.6 Å². The van der Waals surface area contributed by atoms with Gasteiger partial charge in [0.1, 0.15) is 12.1 Å². The van der Waals surface area contributed by atoms with Crippen molar-refractivity contribution in [1.29, 1.82) is 0 Å². The van der Waals surface area contributed by atoms with Crippen molar-refractivity contribution in [3.8, 4) is 0 Å². The lowest BCUT2D eigenvalue weighted by molar-refractivity contribution is -0.144. The summed E-state index contributed by atoms with van der Waals surface area (Å²) in [7, 11) is 0. The average Bonchev–Trinajstić information content (AvgIpc) is 2.78. The van der Waals surface area contributed by atoms with Gasteiger partial charge >= 0.3 is 11.9 Å². The van der Waals surface area contributed by atoms with E-state index < -0.39 is 24.0 Å². The molecule has 2 unspecified atom stereocenters. The van der Waals surface area contributed by atoms with E-state index >= 15 is 0 Å². The van der Waals surface area contributed by atoms with Crippen LogP contribution in [0.5, 0.6) is 0 Å². The fourth-order valence-corrected chi connectivity index (χ4v) is 4.24. The topological polar surface area (TPSA) is 175 Å². The quantitative estimate of drug-likeness (QED) is 0.270. The standard InChI is InChI=1S/C22H39N7O4/c23-7-2-10-27-11-13-28(19(5-8-24)21(30)31)15-17-3-1-4-18(26-17)16-29(14-12-27)20(6-9-25)22(32)33/h1,3-4,19-20H,2,5-16,23-25H2,(H,30,31)(H,32,33). The predicted octanol–water partition coefficient (Wildman–Crippen LogP) is -1.05. The van der Waals surface area contributed by atoms with E-state index in [4.69, 9.17) is 22.2 Å². The molecule has 2 atom stereocenters. The van der Waals surface area contributed by atoms with E-state index in [-0.39, 0.29) is 13.1 Å². The molecule has 0 amide bonds. The zero-order chi connectivity index (χ0) is 24.2. The summed E-state index contributed by atoms with van der Waals surface area (Å²) in [6, 6.07) is 4.23. The highest BCUT2D eigenvalue weighted by molar-refractivity contribution is 5.73. The number of pyridine rings is 1. The first-order valence-corrected chi connectivity index (χ1v) is 11.6. The van der Waals surface area contributed by atoms with Crippen LogP contribution in [-0.2, 0) is 22.7 Å². The van der Waals surface area contributed by atoms with Gasteiger partial charge in [0.2, 0.25) is 0 Å². The Hall–Kier alpha value is -2.15. The third kappa shape index (κ3) is 8.61. The highest BCUT2D eigenvalue weighted by Crippen LogP contribution is 2.15. The maximum Gasteiger partial charge on any atom is 0.320 e. The fraction of sp³-hybridized carbons (Fsp3) is 0.682. The largest absolute Gasteiger partial charge is 0.480 e. The van der Waals surface area contributed by atoms with E-state index in [2.05, 4.69) is 4.90 Å². The Morgan fingerprint density at radius 2 is 1.33 bits per heavy atom. The number of aromatic nitrogens is 1. The number of rotatable bonds is 11. The van der Waals surface area contributed by atoms with Gasteiger partial charge in [0.25, 0.3) is 0 Å². The average molecular weight is 466 g/mol. The fourth-order valence-electron chi connectivity index (χ4n) is 4.24. The van der Waals surface area contributed by atoms with Crippen LogP contribution in [0.2, 0.25) is 0 Å². The Balaban J connectivity index is 2.38. The Kier molecular flexibility index (Phi) is 11.6. The Morgan fingerprint density at radius 3 is 1.73 bits per heavy atom. The van der Waals surface area contributed by atoms with Crippen molar-refractivity contribution in [2.45, 2.75) is 44.4 Å². The predicted molar refractivity (Wildman–Crippen MR) is 125 cm³/mol. The minimum atomic E-state index is -0.894. The van der Waals surface area contributed by atoms with Gasteiger partial charge in [-0.1, -0.05) is 6.07 Å².